The van der Waals surface area contributed by atoms with Crippen LogP contribution in [0.2, 0.25) is 0 Å². The average Bonchev–Trinajstić information content (AvgIpc) is 2.91. The van der Waals surface area contributed by atoms with Crippen LogP contribution < -0.4 is 5.73 Å². The molecule has 1 aliphatic rings. The highest BCUT2D eigenvalue weighted by molar-refractivity contribution is 5.80. The van der Waals surface area contributed by atoms with Crippen molar-refractivity contribution in [2.24, 2.45) is 10.9 Å². The van der Waals surface area contributed by atoms with Crippen LogP contribution in [0.25, 0.3) is 0 Å². The SMILES string of the molecule is CC1OCCC1N(C)C(C/C(N)=N/O)c1ccccc1. The van der Waals surface area contributed by atoms with Gasteiger partial charge in [-0.15, -0.1) is 0 Å². The summed E-state index contributed by atoms with van der Waals surface area (Å²) in [7, 11) is 2.08. The zero-order valence-electron chi connectivity index (χ0n) is 12.1. The van der Waals surface area contributed by atoms with Gasteiger partial charge in [0.1, 0.15) is 5.84 Å². The summed E-state index contributed by atoms with van der Waals surface area (Å²) in [6.07, 6.45) is 1.72. The number of nitrogens with two attached hydrogens (primary N) is 1. The van der Waals surface area contributed by atoms with Crippen molar-refractivity contribution in [1.29, 1.82) is 0 Å². The van der Waals surface area contributed by atoms with Gasteiger partial charge in [0.05, 0.1) is 6.10 Å². The van der Waals surface area contributed by atoms with Crippen molar-refractivity contribution in [1.82, 2.24) is 4.90 Å². The van der Waals surface area contributed by atoms with E-state index in [4.69, 9.17) is 15.7 Å². The number of likely N-dealkylation sites (N-methyl/N-ethyl adjacent to an activating group) is 1. The second-order valence-corrected chi connectivity index (χ2v) is 5.32. The minimum atomic E-state index is 0.0845. The molecule has 0 radical (unpaired) electrons. The van der Waals surface area contributed by atoms with Crippen LogP contribution in [-0.4, -0.2) is 41.7 Å². The molecule has 0 amide bonds. The molecule has 1 aliphatic heterocycles. The Hall–Kier alpha value is -1.59. The molecule has 1 aromatic rings. The molecule has 1 heterocycles. The van der Waals surface area contributed by atoms with E-state index in [1.54, 1.807) is 0 Å². The van der Waals surface area contributed by atoms with Crippen LogP contribution in [0.15, 0.2) is 35.5 Å². The Kier molecular flexibility index (Phi) is 4.98. The van der Waals surface area contributed by atoms with Gasteiger partial charge in [0.25, 0.3) is 0 Å². The number of hydrogen-bond donors (Lipinski definition) is 2. The van der Waals surface area contributed by atoms with Crippen LogP contribution in [0.4, 0.5) is 0 Å². The number of ether oxygens (including phenoxy) is 1. The molecule has 0 aromatic heterocycles. The fourth-order valence-corrected chi connectivity index (χ4v) is 2.90. The van der Waals surface area contributed by atoms with E-state index in [1.165, 1.54) is 5.56 Å². The van der Waals surface area contributed by atoms with Gasteiger partial charge < -0.3 is 15.7 Å². The fourth-order valence-electron chi connectivity index (χ4n) is 2.90. The maximum atomic E-state index is 8.85. The first-order valence-corrected chi connectivity index (χ1v) is 6.98. The van der Waals surface area contributed by atoms with Gasteiger partial charge in [0.2, 0.25) is 0 Å². The third-order valence-corrected chi connectivity index (χ3v) is 4.07. The van der Waals surface area contributed by atoms with Crippen molar-refractivity contribution in [3.63, 3.8) is 0 Å². The number of oxime groups is 1. The lowest BCUT2D eigenvalue weighted by atomic mass is 9.98. The van der Waals surface area contributed by atoms with E-state index in [0.29, 0.717) is 12.5 Å². The largest absolute Gasteiger partial charge is 0.409 e. The molecule has 1 saturated heterocycles. The molecule has 5 heteroatoms. The van der Waals surface area contributed by atoms with Crippen LogP contribution in [0.3, 0.4) is 0 Å². The first kappa shape index (κ1) is 14.8. The number of nitrogens with zero attached hydrogens (tertiary/aromatic N) is 2. The van der Waals surface area contributed by atoms with Crippen molar-refractivity contribution in [3.05, 3.63) is 35.9 Å². The lowest BCUT2D eigenvalue weighted by Gasteiger charge is -2.34. The lowest BCUT2D eigenvalue weighted by molar-refractivity contribution is 0.0681. The summed E-state index contributed by atoms with van der Waals surface area (Å²) in [5, 5.41) is 12.0. The van der Waals surface area contributed by atoms with E-state index < -0.39 is 0 Å². The molecule has 1 fully saturated rings. The lowest BCUT2D eigenvalue weighted by Crippen LogP contribution is -2.40. The van der Waals surface area contributed by atoms with E-state index >= 15 is 0 Å². The van der Waals surface area contributed by atoms with E-state index in [9.17, 15) is 0 Å². The first-order valence-electron chi connectivity index (χ1n) is 6.98. The van der Waals surface area contributed by atoms with Crippen molar-refractivity contribution in [2.75, 3.05) is 13.7 Å². The summed E-state index contributed by atoms with van der Waals surface area (Å²) in [5.74, 6) is 0.247. The minimum absolute atomic E-state index is 0.0845. The van der Waals surface area contributed by atoms with Crippen LogP contribution in [-0.2, 0) is 4.74 Å². The molecular weight excluding hydrogens is 254 g/mol. The predicted molar refractivity (Wildman–Crippen MR) is 78.8 cm³/mol. The molecule has 5 nitrogen and oxygen atoms in total. The molecule has 20 heavy (non-hydrogen) atoms. The third kappa shape index (κ3) is 3.29. The molecule has 3 N–H and O–H groups in total. The highest BCUT2D eigenvalue weighted by Crippen LogP contribution is 2.29. The van der Waals surface area contributed by atoms with E-state index in [0.717, 1.165) is 13.0 Å². The van der Waals surface area contributed by atoms with E-state index in [2.05, 4.69) is 36.2 Å². The van der Waals surface area contributed by atoms with Crippen LogP contribution in [0.1, 0.15) is 31.4 Å². The molecule has 0 aliphatic carbocycles. The Balaban J connectivity index is 2.21. The molecule has 1 aromatic carbocycles. The number of rotatable bonds is 5. The van der Waals surface area contributed by atoms with Crippen molar-refractivity contribution >= 4 is 5.84 Å². The van der Waals surface area contributed by atoms with Gasteiger partial charge in [-0.3, -0.25) is 4.90 Å². The Morgan fingerprint density at radius 1 is 1.50 bits per heavy atom. The van der Waals surface area contributed by atoms with Gasteiger partial charge in [-0.05, 0) is 26.0 Å². The van der Waals surface area contributed by atoms with E-state index in [-0.39, 0.29) is 18.0 Å². The van der Waals surface area contributed by atoms with Gasteiger partial charge in [0, 0.05) is 25.1 Å². The zero-order chi connectivity index (χ0) is 14.5. The fraction of sp³-hybridized carbons (Fsp3) is 0.533. The molecule has 0 bridgehead atoms. The molecular formula is C15H23N3O2. The second-order valence-electron chi connectivity index (χ2n) is 5.32. The standard InChI is InChI=1S/C15H23N3O2/c1-11-13(8-9-20-11)18(2)14(10-15(16)17-19)12-6-4-3-5-7-12/h3-7,11,13-14,19H,8-10H2,1-2H3,(H2,16,17). The Bertz CT molecular complexity index is 450. The number of amidine groups is 1. The summed E-state index contributed by atoms with van der Waals surface area (Å²) in [5.41, 5.74) is 6.89. The van der Waals surface area contributed by atoms with Gasteiger partial charge >= 0.3 is 0 Å². The average molecular weight is 277 g/mol. The summed E-state index contributed by atoms with van der Waals surface area (Å²) in [6, 6.07) is 10.6. The normalized spacial score (nSPS) is 25.1. The van der Waals surface area contributed by atoms with Crippen LogP contribution in [0.5, 0.6) is 0 Å². The van der Waals surface area contributed by atoms with Crippen molar-refractivity contribution in [3.8, 4) is 0 Å². The molecule has 3 unspecified atom stereocenters. The Morgan fingerprint density at radius 2 is 2.20 bits per heavy atom. The maximum absolute atomic E-state index is 8.85. The summed E-state index contributed by atoms with van der Waals surface area (Å²) >= 11 is 0. The molecule has 0 spiro atoms. The molecule has 3 atom stereocenters. The van der Waals surface area contributed by atoms with Gasteiger partial charge in [-0.1, -0.05) is 35.5 Å². The Morgan fingerprint density at radius 3 is 2.75 bits per heavy atom. The molecule has 2 rings (SSSR count). The smallest absolute Gasteiger partial charge is 0.141 e. The quantitative estimate of drug-likeness (QED) is 0.373. The monoisotopic (exact) mass is 277 g/mol. The predicted octanol–water partition coefficient (Wildman–Crippen LogP) is 1.97. The summed E-state index contributed by atoms with van der Waals surface area (Å²) < 4.78 is 5.65. The van der Waals surface area contributed by atoms with Crippen LogP contribution in [0, 0.1) is 0 Å². The maximum Gasteiger partial charge on any atom is 0.141 e. The number of benzene rings is 1. The molecule has 0 saturated carbocycles. The topological polar surface area (TPSA) is 71.1 Å². The summed E-state index contributed by atoms with van der Waals surface area (Å²) in [4.78, 5) is 2.28. The minimum Gasteiger partial charge on any atom is -0.409 e. The van der Waals surface area contributed by atoms with Gasteiger partial charge in [0.15, 0.2) is 0 Å². The van der Waals surface area contributed by atoms with E-state index in [1.807, 2.05) is 18.2 Å². The molecule has 110 valence electrons. The number of hydrogen-bond acceptors (Lipinski definition) is 4. The first-order chi connectivity index (χ1) is 9.63. The summed E-state index contributed by atoms with van der Waals surface area (Å²) in [6.45, 7) is 2.89. The Labute approximate surface area is 120 Å². The third-order valence-electron chi connectivity index (χ3n) is 4.07. The zero-order valence-corrected chi connectivity index (χ0v) is 12.1. The van der Waals surface area contributed by atoms with Crippen molar-refractivity contribution in [2.45, 2.75) is 38.0 Å². The second kappa shape index (κ2) is 6.72. The van der Waals surface area contributed by atoms with Crippen LogP contribution >= 0.6 is 0 Å². The van der Waals surface area contributed by atoms with Gasteiger partial charge in [-0.25, -0.2) is 0 Å². The van der Waals surface area contributed by atoms with Crippen molar-refractivity contribution < 1.29 is 9.94 Å². The van der Waals surface area contributed by atoms with Gasteiger partial charge in [-0.2, -0.15) is 0 Å². The highest BCUT2D eigenvalue weighted by Gasteiger charge is 2.32. The highest BCUT2D eigenvalue weighted by atomic mass is 16.5.